The summed E-state index contributed by atoms with van der Waals surface area (Å²) >= 11 is 0. The second-order valence-electron chi connectivity index (χ2n) is 6.48. The summed E-state index contributed by atoms with van der Waals surface area (Å²) in [7, 11) is 1.63. The molecule has 1 aromatic rings. The average Bonchev–Trinajstić information content (AvgIpc) is 3.35. The van der Waals surface area contributed by atoms with E-state index in [1.54, 1.807) is 30.2 Å². The normalized spacial score (nSPS) is 13.9. The Bertz CT molecular complexity index is 553. The quantitative estimate of drug-likeness (QED) is 0.802. The van der Waals surface area contributed by atoms with Crippen molar-refractivity contribution < 1.29 is 14.3 Å². The van der Waals surface area contributed by atoms with E-state index in [-0.39, 0.29) is 17.7 Å². The average molecular weight is 318 g/mol. The van der Waals surface area contributed by atoms with Crippen LogP contribution >= 0.6 is 0 Å². The van der Waals surface area contributed by atoms with Crippen LogP contribution in [0.1, 0.15) is 37.0 Å². The van der Waals surface area contributed by atoms with Crippen LogP contribution in [0.15, 0.2) is 24.3 Å². The largest absolute Gasteiger partial charge is 0.383 e. The van der Waals surface area contributed by atoms with Gasteiger partial charge in [0, 0.05) is 37.4 Å². The topological polar surface area (TPSA) is 58.6 Å². The lowest BCUT2D eigenvalue weighted by molar-refractivity contribution is -0.117. The molecule has 0 unspecified atom stereocenters. The monoisotopic (exact) mass is 318 g/mol. The highest BCUT2D eigenvalue weighted by molar-refractivity contribution is 5.98. The maximum atomic E-state index is 12.7. The Balaban J connectivity index is 2.07. The molecule has 5 heteroatoms. The van der Waals surface area contributed by atoms with E-state index in [9.17, 15) is 9.59 Å². The van der Waals surface area contributed by atoms with Crippen LogP contribution in [0, 0.1) is 11.8 Å². The van der Waals surface area contributed by atoms with Crippen LogP contribution in [0.2, 0.25) is 0 Å². The van der Waals surface area contributed by atoms with Crippen molar-refractivity contribution in [1.29, 1.82) is 0 Å². The number of benzene rings is 1. The first-order valence-corrected chi connectivity index (χ1v) is 8.20. The van der Waals surface area contributed by atoms with Gasteiger partial charge in [0.2, 0.25) is 5.91 Å². The maximum Gasteiger partial charge on any atom is 0.254 e. The number of nitrogens with zero attached hydrogens (tertiary/aromatic N) is 1. The van der Waals surface area contributed by atoms with E-state index < -0.39 is 0 Å². The first kappa shape index (κ1) is 17.5. The molecule has 0 heterocycles. The molecule has 0 bridgehead atoms. The highest BCUT2D eigenvalue weighted by Crippen LogP contribution is 2.30. The minimum Gasteiger partial charge on any atom is -0.383 e. The Hall–Kier alpha value is -1.88. The summed E-state index contributed by atoms with van der Waals surface area (Å²) in [5.41, 5.74) is 1.28. The first-order valence-electron chi connectivity index (χ1n) is 8.20. The molecule has 1 aliphatic rings. The molecule has 1 aromatic carbocycles. The SMILES string of the molecule is COCCN(CC(C)C)C(=O)c1cccc(NC(=O)C2CC2)c1. The number of hydrogen-bond acceptors (Lipinski definition) is 3. The molecule has 0 aliphatic heterocycles. The Labute approximate surface area is 138 Å². The minimum atomic E-state index is -0.0294. The highest BCUT2D eigenvalue weighted by atomic mass is 16.5. The van der Waals surface area contributed by atoms with Crippen molar-refractivity contribution in [1.82, 2.24) is 4.90 Å². The Morgan fingerprint density at radius 2 is 2.09 bits per heavy atom. The predicted octanol–water partition coefficient (Wildman–Crippen LogP) is 2.78. The van der Waals surface area contributed by atoms with Gasteiger partial charge in [-0.05, 0) is 37.0 Å². The van der Waals surface area contributed by atoms with Crippen LogP contribution in [0.4, 0.5) is 5.69 Å². The second kappa shape index (κ2) is 8.11. The summed E-state index contributed by atoms with van der Waals surface area (Å²) in [5.74, 6) is 0.549. The molecule has 0 spiro atoms. The van der Waals surface area contributed by atoms with Gasteiger partial charge in [0.05, 0.1) is 6.61 Å². The van der Waals surface area contributed by atoms with Gasteiger partial charge in [-0.2, -0.15) is 0 Å². The van der Waals surface area contributed by atoms with Crippen molar-refractivity contribution in [2.75, 3.05) is 32.1 Å². The zero-order valence-corrected chi connectivity index (χ0v) is 14.2. The molecule has 0 aromatic heterocycles. The van der Waals surface area contributed by atoms with Crippen molar-refractivity contribution >= 4 is 17.5 Å². The van der Waals surface area contributed by atoms with E-state index in [0.717, 1.165) is 12.8 Å². The highest BCUT2D eigenvalue weighted by Gasteiger charge is 2.29. The number of nitrogens with one attached hydrogen (secondary N) is 1. The minimum absolute atomic E-state index is 0.0294. The first-order chi connectivity index (χ1) is 11.0. The van der Waals surface area contributed by atoms with Gasteiger partial charge < -0.3 is 15.0 Å². The summed E-state index contributed by atoms with van der Waals surface area (Å²) in [5, 5.41) is 2.89. The van der Waals surface area contributed by atoms with Gasteiger partial charge >= 0.3 is 0 Å². The molecule has 0 saturated heterocycles. The summed E-state index contributed by atoms with van der Waals surface area (Å²) in [6.07, 6.45) is 1.92. The lowest BCUT2D eigenvalue weighted by Crippen LogP contribution is -2.36. The fraction of sp³-hybridized carbons (Fsp3) is 0.556. The molecule has 126 valence electrons. The molecule has 1 aliphatic carbocycles. The number of anilines is 1. The van der Waals surface area contributed by atoms with Crippen molar-refractivity contribution in [3.8, 4) is 0 Å². The van der Waals surface area contributed by atoms with Gasteiger partial charge in [0.15, 0.2) is 0 Å². The fourth-order valence-corrected chi connectivity index (χ4v) is 2.42. The summed E-state index contributed by atoms with van der Waals surface area (Å²) in [6, 6.07) is 7.16. The molecule has 2 amide bonds. The Morgan fingerprint density at radius 1 is 1.35 bits per heavy atom. The molecule has 0 radical (unpaired) electrons. The fourth-order valence-electron chi connectivity index (χ4n) is 2.42. The summed E-state index contributed by atoms with van der Waals surface area (Å²) < 4.78 is 5.10. The summed E-state index contributed by atoms with van der Waals surface area (Å²) in [6.45, 7) is 5.92. The Kier molecular flexibility index (Phi) is 6.16. The lowest BCUT2D eigenvalue weighted by Gasteiger charge is -2.24. The molecule has 23 heavy (non-hydrogen) atoms. The maximum absolute atomic E-state index is 12.7. The number of methoxy groups -OCH3 is 1. The second-order valence-corrected chi connectivity index (χ2v) is 6.48. The Morgan fingerprint density at radius 3 is 2.70 bits per heavy atom. The summed E-state index contributed by atoms with van der Waals surface area (Å²) in [4.78, 5) is 26.4. The molecular formula is C18H26N2O3. The van der Waals surface area contributed by atoms with E-state index >= 15 is 0 Å². The van der Waals surface area contributed by atoms with Crippen LogP contribution < -0.4 is 5.32 Å². The molecule has 1 saturated carbocycles. The molecular weight excluding hydrogens is 292 g/mol. The van der Waals surface area contributed by atoms with Crippen molar-refractivity contribution in [2.45, 2.75) is 26.7 Å². The zero-order valence-electron chi connectivity index (χ0n) is 14.2. The van der Waals surface area contributed by atoms with E-state index in [2.05, 4.69) is 19.2 Å². The van der Waals surface area contributed by atoms with Crippen LogP contribution in [0.25, 0.3) is 0 Å². The van der Waals surface area contributed by atoms with E-state index in [4.69, 9.17) is 4.74 Å². The van der Waals surface area contributed by atoms with Gasteiger partial charge in [0.1, 0.15) is 0 Å². The van der Waals surface area contributed by atoms with Gasteiger partial charge in [-0.1, -0.05) is 19.9 Å². The third-order valence-corrected chi connectivity index (χ3v) is 3.76. The van der Waals surface area contributed by atoms with Crippen LogP contribution in [-0.4, -0.2) is 43.5 Å². The number of rotatable bonds is 8. The van der Waals surface area contributed by atoms with E-state index in [1.165, 1.54) is 0 Å². The molecule has 1 N–H and O–H groups in total. The standard InChI is InChI=1S/C18H26N2O3/c1-13(2)12-20(9-10-23-3)18(22)15-5-4-6-16(11-15)19-17(21)14-7-8-14/h4-6,11,13-14H,7-10,12H2,1-3H3,(H,19,21). The van der Waals surface area contributed by atoms with E-state index in [0.29, 0.717) is 36.9 Å². The van der Waals surface area contributed by atoms with Crippen LogP contribution in [0.3, 0.4) is 0 Å². The van der Waals surface area contributed by atoms with Crippen molar-refractivity contribution in [3.63, 3.8) is 0 Å². The van der Waals surface area contributed by atoms with Crippen LogP contribution in [0.5, 0.6) is 0 Å². The van der Waals surface area contributed by atoms with E-state index in [1.807, 2.05) is 6.07 Å². The van der Waals surface area contributed by atoms with Gasteiger partial charge in [-0.3, -0.25) is 9.59 Å². The van der Waals surface area contributed by atoms with Crippen LogP contribution in [-0.2, 0) is 9.53 Å². The van der Waals surface area contributed by atoms with Gasteiger partial charge in [-0.25, -0.2) is 0 Å². The van der Waals surface area contributed by atoms with Crippen molar-refractivity contribution in [3.05, 3.63) is 29.8 Å². The van der Waals surface area contributed by atoms with Gasteiger partial charge in [-0.15, -0.1) is 0 Å². The number of hydrogen-bond donors (Lipinski definition) is 1. The predicted molar refractivity (Wildman–Crippen MR) is 90.4 cm³/mol. The third-order valence-electron chi connectivity index (χ3n) is 3.76. The number of carbonyl (C=O) groups excluding carboxylic acids is 2. The smallest absolute Gasteiger partial charge is 0.254 e. The van der Waals surface area contributed by atoms with Crippen molar-refractivity contribution in [2.24, 2.45) is 11.8 Å². The number of ether oxygens (including phenoxy) is 1. The van der Waals surface area contributed by atoms with Gasteiger partial charge in [0.25, 0.3) is 5.91 Å². The number of carbonyl (C=O) groups is 2. The molecule has 5 nitrogen and oxygen atoms in total. The molecule has 1 fully saturated rings. The molecule has 0 atom stereocenters. The molecule has 2 rings (SSSR count). The third kappa shape index (κ3) is 5.36. The number of amides is 2. The lowest BCUT2D eigenvalue weighted by atomic mass is 10.1. The zero-order chi connectivity index (χ0) is 16.8.